The largest absolute Gasteiger partial charge is 0.358 e. The molecule has 0 bridgehead atoms. The highest BCUT2D eigenvalue weighted by molar-refractivity contribution is 9.10. The van der Waals surface area contributed by atoms with Gasteiger partial charge in [0, 0.05) is 45.6 Å². The number of rotatable bonds is 3. The Hall–Kier alpha value is -1.33. The van der Waals surface area contributed by atoms with Gasteiger partial charge < -0.3 is 10.3 Å². The number of hydrogen-bond donors (Lipinski definition) is 2. The molecule has 2 N–H and O–H groups in total. The molecule has 1 unspecified atom stereocenters. The van der Waals surface area contributed by atoms with E-state index in [1.807, 2.05) is 0 Å². The molecule has 0 spiro atoms. The van der Waals surface area contributed by atoms with Crippen LogP contribution in [0.15, 0.2) is 16.6 Å². The van der Waals surface area contributed by atoms with Gasteiger partial charge in [-0.15, -0.1) is 0 Å². The number of carbonyl (C=O) groups excluding carboxylic acids is 1. The molecule has 4 nitrogen and oxygen atoms in total. The zero-order chi connectivity index (χ0) is 16.1. The highest BCUT2D eigenvalue weighted by Gasteiger charge is 2.40. The Kier molecular flexibility index (Phi) is 3.73. The van der Waals surface area contributed by atoms with Gasteiger partial charge in [0.2, 0.25) is 6.41 Å². The van der Waals surface area contributed by atoms with Gasteiger partial charge in [0.05, 0.1) is 0 Å². The third-order valence-corrected chi connectivity index (χ3v) is 6.12. The minimum atomic E-state index is 0.240. The van der Waals surface area contributed by atoms with Gasteiger partial charge in [0.1, 0.15) is 0 Å². The Bertz CT molecular complexity index is 769. The summed E-state index contributed by atoms with van der Waals surface area (Å²) in [6, 6.07) is 5.23. The number of hydrogen-bond acceptors (Lipinski definition) is 2. The van der Waals surface area contributed by atoms with Crippen molar-refractivity contribution in [2.24, 2.45) is 0 Å². The van der Waals surface area contributed by atoms with Crippen LogP contribution in [-0.4, -0.2) is 41.5 Å². The molecule has 2 aliphatic rings. The second-order valence-electron chi connectivity index (χ2n) is 6.83. The van der Waals surface area contributed by atoms with Crippen molar-refractivity contribution in [3.8, 4) is 0 Å². The summed E-state index contributed by atoms with van der Waals surface area (Å²) in [6.45, 7) is 6.38. The molecule has 5 heteroatoms. The Balaban J connectivity index is 1.86. The van der Waals surface area contributed by atoms with Crippen LogP contribution in [0.1, 0.15) is 36.1 Å². The highest BCUT2D eigenvalue weighted by Crippen LogP contribution is 2.45. The molecular formula is C18H22BrN3O. The van der Waals surface area contributed by atoms with Crippen molar-refractivity contribution in [2.75, 3.05) is 13.1 Å². The lowest BCUT2D eigenvalue weighted by atomic mass is 9.73. The summed E-state index contributed by atoms with van der Waals surface area (Å²) in [4.78, 5) is 17.0. The molecule has 1 amide bonds. The Morgan fingerprint density at radius 2 is 2.30 bits per heavy atom. The lowest BCUT2D eigenvalue weighted by Gasteiger charge is -2.46. The number of benzene rings is 1. The SMILES string of the molecule is CCN1C[C@@H](NC=O)CC2c3cc(Br)cc4[nH]c(C)c(c34)C[C@H]21. The Morgan fingerprint density at radius 3 is 3.04 bits per heavy atom. The van der Waals surface area contributed by atoms with Crippen molar-refractivity contribution in [1.29, 1.82) is 0 Å². The van der Waals surface area contributed by atoms with Gasteiger partial charge >= 0.3 is 0 Å². The normalized spacial score (nSPS) is 27.0. The Labute approximate surface area is 144 Å². The van der Waals surface area contributed by atoms with E-state index in [1.54, 1.807) is 0 Å². The van der Waals surface area contributed by atoms with Gasteiger partial charge in [-0.25, -0.2) is 0 Å². The molecule has 4 rings (SSSR count). The van der Waals surface area contributed by atoms with Crippen molar-refractivity contribution in [3.63, 3.8) is 0 Å². The van der Waals surface area contributed by atoms with Crippen LogP contribution in [0.25, 0.3) is 10.9 Å². The number of aryl methyl sites for hydroxylation is 1. The van der Waals surface area contributed by atoms with Gasteiger partial charge in [-0.1, -0.05) is 22.9 Å². The van der Waals surface area contributed by atoms with E-state index in [2.05, 4.69) is 57.1 Å². The molecule has 1 saturated heterocycles. The van der Waals surface area contributed by atoms with E-state index in [9.17, 15) is 4.79 Å². The second-order valence-corrected chi connectivity index (χ2v) is 7.74. The third kappa shape index (κ3) is 2.32. The van der Waals surface area contributed by atoms with Crippen LogP contribution in [0.2, 0.25) is 0 Å². The first-order valence-electron chi connectivity index (χ1n) is 8.36. The number of nitrogens with zero attached hydrogens (tertiary/aromatic N) is 1. The number of H-pyrrole nitrogens is 1. The second kappa shape index (κ2) is 5.64. The van der Waals surface area contributed by atoms with Crippen LogP contribution in [0.4, 0.5) is 0 Å². The lowest BCUT2D eigenvalue weighted by molar-refractivity contribution is -0.110. The van der Waals surface area contributed by atoms with E-state index < -0.39 is 0 Å². The molecule has 1 aliphatic carbocycles. The summed E-state index contributed by atoms with van der Waals surface area (Å²) in [5, 5.41) is 4.43. The van der Waals surface area contributed by atoms with Crippen LogP contribution in [-0.2, 0) is 11.2 Å². The molecule has 2 aromatic rings. The summed E-state index contributed by atoms with van der Waals surface area (Å²) < 4.78 is 1.13. The van der Waals surface area contributed by atoms with E-state index in [1.165, 1.54) is 27.7 Å². The lowest BCUT2D eigenvalue weighted by Crippen LogP contribution is -2.55. The molecular weight excluding hydrogens is 354 g/mol. The van der Waals surface area contributed by atoms with E-state index >= 15 is 0 Å². The molecule has 0 radical (unpaired) electrons. The molecule has 122 valence electrons. The smallest absolute Gasteiger partial charge is 0.207 e. The summed E-state index contributed by atoms with van der Waals surface area (Å²) >= 11 is 3.67. The summed E-state index contributed by atoms with van der Waals surface area (Å²) in [5.74, 6) is 0.476. The average Bonchev–Trinajstić information content (AvgIpc) is 2.84. The number of likely N-dealkylation sites (tertiary alicyclic amines) is 1. The summed E-state index contributed by atoms with van der Waals surface area (Å²) in [5.41, 5.74) is 5.43. The monoisotopic (exact) mass is 375 g/mol. The van der Waals surface area contributed by atoms with E-state index in [0.29, 0.717) is 12.0 Å². The standard InChI is InChI=1S/C18H22BrN3O/c1-3-22-8-12(20-9-23)6-14-15-4-11(19)5-16-18(15)13(7-17(14)22)10(2)21-16/h4-5,9,12,14,17,21H,3,6-8H2,1-2H3,(H,20,23)/t12-,14?,17+/m0/s1. The number of piperidine rings is 1. The topological polar surface area (TPSA) is 48.1 Å². The van der Waals surface area contributed by atoms with Crippen LogP contribution in [0.3, 0.4) is 0 Å². The van der Waals surface area contributed by atoms with E-state index in [-0.39, 0.29) is 6.04 Å². The van der Waals surface area contributed by atoms with Gasteiger partial charge in [0.15, 0.2) is 0 Å². The summed E-state index contributed by atoms with van der Waals surface area (Å²) in [7, 11) is 0. The third-order valence-electron chi connectivity index (χ3n) is 5.66. The van der Waals surface area contributed by atoms with Gasteiger partial charge in [-0.3, -0.25) is 9.69 Å². The number of fused-ring (bicyclic) bond motifs is 2. The number of nitrogens with one attached hydrogen (secondary N) is 2. The number of halogens is 1. The zero-order valence-electron chi connectivity index (χ0n) is 13.5. The zero-order valence-corrected chi connectivity index (χ0v) is 15.1. The van der Waals surface area contributed by atoms with Crippen LogP contribution < -0.4 is 5.32 Å². The number of carbonyl (C=O) groups is 1. The highest BCUT2D eigenvalue weighted by atomic mass is 79.9. The minimum absolute atomic E-state index is 0.240. The molecule has 1 fully saturated rings. The van der Waals surface area contributed by atoms with Crippen molar-refractivity contribution in [2.45, 2.75) is 44.7 Å². The van der Waals surface area contributed by atoms with Crippen LogP contribution in [0, 0.1) is 6.92 Å². The maximum absolute atomic E-state index is 10.9. The molecule has 23 heavy (non-hydrogen) atoms. The van der Waals surface area contributed by atoms with Crippen molar-refractivity contribution >= 4 is 33.2 Å². The number of likely N-dealkylation sites (N-methyl/N-ethyl adjacent to an activating group) is 1. The van der Waals surface area contributed by atoms with Gasteiger partial charge in [-0.05, 0) is 49.6 Å². The molecule has 0 saturated carbocycles. The quantitative estimate of drug-likeness (QED) is 0.809. The van der Waals surface area contributed by atoms with Gasteiger partial charge in [-0.2, -0.15) is 0 Å². The van der Waals surface area contributed by atoms with Gasteiger partial charge in [0.25, 0.3) is 0 Å². The number of aromatic amines is 1. The fourth-order valence-corrected chi connectivity index (χ4v) is 5.16. The van der Waals surface area contributed by atoms with Crippen molar-refractivity contribution in [1.82, 2.24) is 15.2 Å². The predicted octanol–water partition coefficient (Wildman–Crippen LogP) is 3.09. The Morgan fingerprint density at radius 1 is 1.48 bits per heavy atom. The van der Waals surface area contributed by atoms with Crippen LogP contribution in [0.5, 0.6) is 0 Å². The number of aromatic nitrogens is 1. The molecule has 3 atom stereocenters. The van der Waals surface area contributed by atoms with Crippen LogP contribution >= 0.6 is 15.9 Å². The predicted molar refractivity (Wildman–Crippen MR) is 95.8 cm³/mol. The van der Waals surface area contributed by atoms with Crippen molar-refractivity contribution in [3.05, 3.63) is 33.4 Å². The number of amides is 1. The molecule has 1 aliphatic heterocycles. The first-order chi connectivity index (χ1) is 11.1. The maximum Gasteiger partial charge on any atom is 0.207 e. The maximum atomic E-state index is 10.9. The first kappa shape index (κ1) is 15.2. The van der Waals surface area contributed by atoms with E-state index in [4.69, 9.17) is 0 Å². The fraction of sp³-hybridized carbons (Fsp3) is 0.500. The molecule has 1 aromatic heterocycles. The summed E-state index contributed by atoms with van der Waals surface area (Å²) in [6.07, 6.45) is 2.98. The minimum Gasteiger partial charge on any atom is -0.358 e. The van der Waals surface area contributed by atoms with E-state index in [0.717, 1.165) is 36.8 Å². The van der Waals surface area contributed by atoms with Crippen molar-refractivity contribution < 1.29 is 4.79 Å². The molecule has 2 heterocycles. The first-order valence-corrected chi connectivity index (χ1v) is 9.16. The fourth-order valence-electron chi connectivity index (χ4n) is 4.68. The average molecular weight is 376 g/mol. The molecule has 1 aromatic carbocycles.